The third-order valence-corrected chi connectivity index (χ3v) is 14.9. The number of carbonyl (C=O) groups excluding carboxylic acids is 10. The lowest BCUT2D eigenvalue weighted by atomic mass is 10.00. The Morgan fingerprint density at radius 3 is 1.95 bits per heavy atom. The van der Waals surface area contributed by atoms with E-state index in [-0.39, 0.29) is 101 Å². The molecule has 2 aliphatic rings. The number of likely N-dealkylation sites (tertiary alicyclic amines) is 1. The van der Waals surface area contributed by atoms with E-state index in [9.17, 15) is 58.2 Å². The first-order chi connectivity index (χ1) is 41.1. The maximum atomic E-state index is 14.7. The molecule has 6 rings (SSSR count). The number of phenols is 1. The van der Waals surface area contributed by atoms with Gasteiger partial charge in [0, 0.05) is 62.1 Å². The SMILES string of the molecule is CC(C)C[C@H](NC(=O)[C@@H](CCCCN)NC(=O)[C@H](Cc1ccc(O)cc1)NC(=O)[C@H](CO)NC(=O)[C@H](Cc1c[nH]c2ccccc12)NC(=O)[C@H](Cc1c[nH]cn1)NC(=O)[C@@H]1CCC(=O)N1)C(=O)N[C@@H](CCCNC(=N)N)C(=O)N1CCC[C@H]1C(N)=O. The fourth-order valence-electron chi connectivity index (χ4n) is 10.3. The van der Waals surface area contributed by atoms with Crippen molar-refractivity contribution in [3.05, 3.63) is 84.1 Å². The number of nitrogens with two attached hydrogens (primary N) is 3. The van der Waals surface area contributed by atoms with E-state index in [1.807, 2.05) is 13.8 Å². The molecule has 0 spiro atoms. The molecule has 2 fully saturated rings. The first-order valence-corrected chi connectivity index (χ1v) is 28.9. The zero-order chi connectivity index (χ0) is 62.5. The number of amides is 10. The Kier molecular flexibility index (Phi) is 24.8. The first-order valence-electron chi connectivity index (χ1n) is 28.9. The van der Waals surface area contributed by atoms with Gasteiger partial charge in [-0.25, -0.2) is 4.98 Å². The van der Waals surface area contributed by atoms with Gasteiger partial charge in [0.25, 0.3) is 0 Å². The molecule has 4 aromatic rings. The van der Waals surface area contributed by atoms with Gasteiger partial charge in [0.05, 0.1) is 18.6 Å². The highest BCUT2D eigenvalue weighted by molar-refractivity contribution is 5.99. The Morgan fingerprint density at radius 2 is 1.33 bits per heavy atom. The number of H-pyrrole nitrogens is 2. The maximum absolute atomic E-state index is 14.7. The van der Waals surface area contributed by atoms with Gasteiger partial charge in [-0.1, -0.05) is 44.2 Å². The van der Waals surface area contributed by atoms with E-state index in [0.717, 1.165) is 0 Å². The summed E-state index contributed by atoms with van der Waals surface area (Å²) in [6.45, 7) is 3.25. The fourth-order valence-corrected chi connectivity index (χ4v) is 10.3. The number of hydrogen-bond donors (Lipinski definition) is 17. The van der Waals surface area contributed by atoms with Gasteiger partial charge in [0.15, 0.2) is 5.96 Å². The van der Waals surface area contributed by atoms with Gasteiger partial charge in [0.2, 0.25) is 59.1 Å². The van der Waals surface area contributed by atoms with Gasteiger partial charge in [-0.15, -0.1) is 0 Å². The number of imidazole rings is 1. The normalized spacial score (nSPS) is 17.2. The van der Waals surface area contributed by atoms with Crippen LogP contribution in [0.4, 0.5) is 0 Å². The number of primary amides is 1. The van der Waals surface area contributed by atoms with Crippen LogP contribution in [0, 0.1) is 11.3 Å². The minimum Gasteiger partial charge on any atom is -0.508 e. The summed E-state index contributed by atoms with van der Waals surface area (Å²) >= 11 is 0. The highest BCUT2D eigenvalue weighted by atomic mass is 16.3. The van der Waals surface area contributed by atoms with Crippen LogP contribution in [-0.2, 0) is 67.2 Å². The molecule has 2 aromatic heterocycles. The van der Waals surface area contributed by atoms with E-state index < -0.39 is 114 Å². The minimum absolute atomic E-state index is 0.000631. The summed E-state index contributed by atoms with van der Waals surface area (Å²) in [6.07, 6.45) is 6.27. The molecular formula is C57H81N17O12. The Balaban J connectivity index is 1.23. The van der Waals surface area contributed by atoms with Gasteiger partial charge in [-0.3, -0.25) is 53.4 Å². The molecule has 29 heteroatoms. The number of fused-ring (bicyclic) bond motifs is 1. The van der Waals surface area contributed by atoms with Gasteiger partial charge in [-0.05, 0) is 99.6 Å². The third-order valence-electron chi connectivity index (χ3n) is 14.9. The largest absolute Gasteiger partial charge is 0.508 e. The second-order valence-electron chi connectivity index (χ2n) is 22.0. The van der Waals surface area contributed by atoms with Crippen molar-refractivity contribution in [3.63, 3.8) is 0 Å². The number of rotatable bonds is 33. The van der Waals surface area contributed by atoms with Crippen LogP contribution in [0.5, 0.6) is 5.75 Å². The number of benzene rings is 2. The average molecular weight is 1200 g/mol. The number of aliphatic hydroxyl groups is 1. The summed E-state index contributed by atoms with van der Waals surface area (Å²) in [6, 6.07) is 1.19. The number of aromatic amines is 2. The Hall–Kier alpha value is -9.12. The van der Waals surface area contributed by atoms with Crippen molar-refractivity contribution in [2.75, 3.05) is 26.2 Å². The molecule has 0 unspecified atom stereocenters. The van der Waals surface area contributed by atoms with E-state index >= 15 is 0 Å². The van der Waals surface area contributed by atoms with Crippen molar-refractivity contribution in [2.24, 2.45) is 23.1 Å². The fraction of sp³-hybridized carbons (Fsp3) is 0.509. The lowest BCUT2D eigenvalue weighted by molar-refractivity contribution is -0.141. The molecule has 0 aliphatic carbocycles. The second kappa shape index (κ2) is 32.2. The van der Waals surface area contributed by atoms with Crippen molar-refractivity contribution in [2.45, 2.75) is 152 Å². The molecule has 29 nitrogen and oxygen atoms in total. The highest BCUT2D eigenvalue weighted by Gasteiger charge is 2.39. The number of unbranched alkanes of at least 4 members (excludes halogenated alkanes) is 1. The smallest absolute Gasteiger partial charge is 0.245 e. The topological polar surface area (TPSA) is 469 Å². The van der Waals surface area contributed by atoms with Crippen LogP contribution in [0.15, 0.2) is 67.3 Å². The van der Waals surface area contributed by atoms with Crippen LogP contribution in [0.1, 0.15) is 94.9 Å². The summed E-state index contributed by atoms with van der Waals surface area (Å²) in [5.74, 6) is -8.10. The number of aromatic hydroxyl groups is 1. The predicted molar refractivity (Wildman–Crippen MR) is 313 cm³/mol. The summed E-state index contributed by atoms with van der Waals surface area (Å²) in [7, 11) is 0. The zero-order valence-corrected chi connectivity index (χ0v) is 48.2. The van der Waals surface area contributed by atoms with Crippen molar-refractivity contribution in [1.29, 1.82) is 5.41 Å². The van der Waals surface area contributed by atoms with Gasteiger partial charge >= 0.3 is 0 Å². The van der Waals surface area contributed by atoms with E-state index in [0.29, 0.717) is 53.4 Å². The molecule has 0 saturated carbocycles. The molecule has 0 radical (unpaired) electrons. The molecule has 466 valence electrons. The Labute approximate surface area is 496 Å². The number of guanidine groups is 1. The zero-order valence-electron chi connectivity index (χ0n) is 48.2. The standard InChI is InChI=1S/C57H81N17O12/c1-31(2)23-41(51(81)68-40(12-7-21-63-57(60)61)56(86)74-22-8-13-46(74)48(59)78)69-49(79)38(11-5-6-20-58)67-52(82)42(24-32-14-16-35(76)17-15-32)70-55(85)45(29-75)73-53(83)43(25-33-27-64-37-10-4-3-9-36(33)37)71-54(84)44(26-34-28-62-30-65-34)72-50(80)39-18-19-47(77)66-39/h3-4,9-10,14-17,27-28,30-31,38-46,64,75-76H,5-8,11-13,18-26,29,58H2,1-2H3,(H2,59,78)(H,62,65)(H,66,77)(H,67,82)(H,68,81)(H,69,79)(H,70,85)(H,71,84)(H,72,80)(H,73,83)(H4,60,61,63)/t38-,39+,40+,41+,42+,43+,44+,45+,46+/m1/s1. The van der Waals surface area contributed by atoms with E-state index in [1.54, 1.807) is 30.5 Å². The minimum atomic E-state index is -1.77. The van der Waals surface area contributed by atoms with Crippen LogP contribution < -0.4 is 65.1 Å². The summed E-state index contributed by atoms with van der Waals surface area (Å²) < 4.78 is 0. The van der Waals surface area contributed by atoms with E-state index in [4.69, 9.17) is 22.6 Å². The number of aromatic nitrogens is 3. The van der Waals surface area contributed by atoms with Gasteiger partial charge in [0.1, 0.15) is 60.1 Å². The number of aliphatic hydroxyl groups excluding tert-OH is 1. The predicted octanol–water partition coefficient (Wildman–Crippen LogP) is -2.80. The number of para-hydroxylation sites is 1. The first kappa shape index (κ1) is 66.0. The molecule has 2 saturated heterocycles. The van der Waals surface area contributed by atoms with Crippen molar-refractivity contribution < 1.29 is 58.2 Å². The van der Waals surface area contributed by atoms with Crippen LogP contribution in [0.25, 0.3) is 10.9 Å². The molecule has 9 atom stereocenters. The van der Waals surface area contributed by atoms with Crippen molar-refractivity contribution >= 4 is 75.9 Å². The van der Waals surface area contributed by atoms with Crippen molar-refractivity contribution in [3.8, 4) is 5.75 Å². The monoisotopic (exact) mass is 1200 g/mol. The third kappa shape index (κ3) is 19.5. The molecule has 4 heterocycles. The Morgan fingerprint density at radius 1 is 0.721 bits per heavy atom. The van der Waals surface area contributed by atoms with Gasteiger partial charge < -0.3 is 90.1 Å². The summed E-state index contributed by atoms with van der Waals surface area (Å²) in [5.41, 5.74) is 19.0. The van der Waals surface area contributed by atoms with Crippen LogP contribution in [-0.4, -0.2) is 176 Å². The number of carbonyl (C=O) groups is 10. The molecular weight excluding hydrogens is 1110 g/mol. The summed E-state index contributed by atoms with van der Waals surface area (Å²) in [4.78, 5) is 150. The summed E-state index contributed by atoms with van der Waals surface area (Å²) in [5, 5.41) is 53.1. The maximum Gasteiger partial charge on any atom is 0.245 e. The molecule has 86 heavy (non-hydrogen) atoms. The molecule has 10 amide bonds. The van der Waals surface area contributed by atoms with Crippen LogP contribution in [0.3, 0.4) is 0 Å². The molecule has 0 bridgehead atoms. The van der Waals surface area contributed by atoms with E-state index in [1.165, 1.54) is 41.7 Å². The van der Waals surface area contributed by atoms with Gasteiger partial charge in [-0.2, -0.15) is 0 Å². The molecule has 20 N–H and O–H groups in total. The molecule has 2 aromatic carbocycles. The molecule has 2 aliphatic heterocycles. The lowest BCUT2D eigenvalue weighted by Crippen LogP contribution is -2.61. The lowest BCUT2D eigenvalue weighted by Gasteiger charge is -2.30. The van der Waals surface area contributed by atoms with Crippen LogP contribution in [0.2, 0.25) is 0 Å². The quantitative estimate of drug-likeness (QED) is 0.0130. The number of hydrogen-bond acceptors (Lipinski definition) is 15. The number of nitrogens with one attached hydrogen (secondary N) is 12. The average Bonchev–Trinajstić information content (AvgIpc) is 2.66. The van der Waals surface area contributed by atoms with Crippen molar-refractivity contribution in [1.82, 2.24) is 67.7 Å². The number of phenolic OH excluding ortho intramolecular Hbond substituents is 1. The second-order valence-corrected chi connectivity index (χ2v) is 22.0. The van der Waals surface area contributed by atoms with E-state index in [2.05, 4.69) is 62.8 Å². The Bertz CT molecular complexity index is 3010. The van der Waals surface area contributed by atoms with Crippen LogP contribution >= 0.6 is 0 Å². The highest BCUT2D eigenvalue weighted by Crippen LogP contribution is 2.22. The number of nitrogens with zero attached hydrogens (tertiary/aromatic N) is 2.